The molecule has 0 aromatic heterocycles. The van der Waals surface area contributed by atoms with Gasteiger partial charge in [-0.2, -0.15) is 0 Å². The van der Waals surface area contributed by atoms with E-state index in [1.807, 2.05) is 20.8 Å². The van der Waals surface area contributed by atoms with Crippen molar-refractivity contribution in [2.75, 3.05) is 6.61 Å². The Morgan fingerprint density at radius 1 is 1.18 bits per heavy atom. The minimum absolute atomic E-state index is 0.0110. The molecule has 1 N–H and O–H groups in total. The average molecular weight is 533 g/mol. The second-order valence-electron chi connectivity index (χ2n) is 12.3. The molecule has 5 aliphatic carbocycles. The third-order valence-corrected chi connectivity index (χ3v) is 10.7. The molecule has 0 aromatic rings. The number of esters is 1. The van der Waals surface area contributed by atoms with Crippen molar-refractivity contribution in [3.63, 3.8) is 0 Å². The summed E-state index contributed by atoms with van der Waals surface area (Å²) in [5.74, 6) is -2.80. The second kappa shape index (κ2) is 9.07. The van der Waals surface area contributed by atoms with E-state index in [1.165, 1.54) is 19.1 Å². The number of hydrogen-bond donors (Lipinski definition) is 1. The molecule has 38 heavy (non-hydrogen) atoms. The van der Waals surface area contributed by atoms with Crippen LogP contribution in [-0.2, 0) is 28.6 Å². The van der Waals surface area contributed by atoms with Gasteiger partial charge in [-0.05, 0) is 63.5 Å². The summed E-state index contributed by atoms with van der Waals surface area (Å²) in [6.45, 7) is 8.52. The SMILES string of the molecule is CC.CC(=O)OCC(=O)[C@@]12OC3(CCCC3)O[C@@H]1C[C@H]1[C@@H]3CCC4=CC(=O)C=C[C@]4(C)[C@@]3(F)C(O)C[C@@]12C. The molecule has 0 amide bonds. The maximum atomic E-state index is 17.4. The molecule has 1 unspecified atom stereocenters. The lowest BCUT2D eigenvalue weighted by molar-refractivity contribution is -0.253. The van der Waals surface area contributed by atoms with Crippen LogP contribution in [0.25, 0.3) is 0 Å². The van der Waals surface area contributed by atoms with Crippen molar-refractivity contribution in [3.05, 3.63) is 23.8 Å². The molecule has 1 aliphatic heterocycles. The predicted octanol–water partition coefficient (Wildman–Crippen LogP) is 4.55. The molecule has 210 valence electrons. The summed E-state index contributed by atoms with van der Waals surface area (Å²) in [6.07, 6.45) is 7.23. The highest BCUT2D eigenvalue weighted by Crippen LogP contribution is 2.73. The van der Waals surface area contributed by atoms with Gasteiger partial charge in [0.15, 0.2) is 29.4 Å². The standard InChI is InChI=1S/C28H35FO7.C2H6/c1-16(30)34-15-22(33)28-23(35-26(36-28)9-4-5-10-26)13-20-19-7-6-17-12-18(31)8-11-24(17,2)27(19,29)21(32)14-25(20,28)3;1-2/h8,11-12,19-21,23,32H,4-7,9-10,13-15H2,1-3H3;1-2H3/t19-,20-,21?,23+,24-,25-,27-,28+;/m0./s1. The van der Waals surface area contributed by atoms with Crippen LogP contribution in [-0.4, -0.2) is 58.5 Å². The van der Waals surface area contributed by atoms with Crippen molar-refractivity contribution >= 4 is 17.5 Å². The molecule has 1 heterocycles. The van der Waals surface area contributed by atoms with Gasteiger partial charge in [-0.15, -0.1) is 0 Å². The number of aliphatic hydroxyl groups excluding tert-OH is 1. The third-order valence-electron chi connectivity index (χ3n) is 10.7. The van der Waals surface area contributed by atoms with E-state index in [2.05, 4.69) is 0 Å². The van der Waals surface area contributed by atoms with Crippen LogP contribution in [0.5, 0.6) is 0 Å². The number of carbonyl (C=O) groups is 3. The van der Waals surface area contributed by atoms with Crippen LogP contribution in [0.1, 0.15) is 86.0 Å². The van der Waals surface area contributed by atoms with E-state index in [-0.39, 0.29) is 23.9 Å². The molecule has 8 atom stereocenters. The summed E-state index contributed by atoms with van der Waals surface area (Å²) < 4.78 is 35.8. The van der Waals surface area contributed by atoms with Gasteiger partial charge in [0.2, 0.25) is 5.78 Å². The number of fused-ring (bicyclic) bond motifs is 7. The zero-order valence-electron chi connectivity index (χ0n) is 23.2. The van der Waals surface area contributed by atoms with Crippen LogP contribution in [0.2, 0.25) is 0 Å². The van der Waals surface area contributed by atoms with Crippen LogP contribution in [0.15, 0.2) is 23.8 Å². The Bertz CT molecular complexity index is 1090. The number of allylic oxidation sites excluding steroid dienone is 4. The predicted molar refractivity (Wildman–Crippen MR) is 137 cm³/mol. The molecule has 0 radical (unpaired) electrons. The summed E-state index contributed by atoms with van der Waals surface area (Å²) in [4.78, 5) is 37.5. The van der Waals surface area contributed by atoms with E-state index in [4.69, 9.17) is 14.2 Å². The molecular formula is C30H41FO7. The zero-order valence-corrected chi connectivity index (χ0v) is 23.2. The van der Waals surface area contributed by atoms with E-state index < -0.39 is 58.6 Å². The summed E-state index contributed by atoms with van der Waals surface area (Å²) in [5.41, 5.74) is -4.72. The van der Waals surface area contributed by atoms with Crippen LogP contribution in [0.4, 0.5) is 4.39 Å². The molecular weight excluding hydrogens is 491 g/mol. The van der Waals surface area contributed by atoms with E-state index in [0.29, 0.717) is 37.7 Å². The number of carbonyl (C=O) groups excluding carboxylic acids is 3. The number of Topliss-reactive ketones (excluding diaryl/α,β-unsaturated/α-hetero) is 1. The molecule has 0 bridgehead atoms. The van der Waals surface area contributed by atoms with Crippen LogP contribution >= 0.6 is 0 Å². The van der Waals surface area contributed by atoms with Crippen molar-refractivity contribution in [2.45, 2.75) is 115 Å². The Hall–Kier alpha value is -1.90. The second-order valence-corrected chi connectivity index (χ2v) is 12.3. The molecule has 6 aliphatic rings. The Labute approximate surface area is 224 Å². The van der Waals surface area contributed by atoms with Crippen LogP contribution < -0.4 is 0 Å². The number of ketones is 2. The van der Waals surface area contributed by atoms with Crippen molar-refractivity contribution < 1.29 is 38.1 Å². The highest BCUT2D eigenvalue weighted by Gasteiger charge is 2.80. The summed E-state index contributed by atoms with van der Waals surface area (Å²) in [6, 6.07) is 0. The molecule has 1 spiro atoms. The van der Waals surface area contributed by atoms with Crippen molar-refractivity contribution in [3.8, 4) is 0 Å². The fourth-order valence-electron chi connectivity index (χ4n) is 9.04. The van der Waals surface area contributed by atoms with Crippen LogP contribution in [0.3, 0.4) is 0 Å². The normalized spacial score (nSPS) is 45.8. The Morgan fingerprint density at radius 3 is 2.53 bits per heavy atom. The zero-order chi connectivity index (χ0) is 27.7. The maximum absolute atomic E-state index is 17.4. The number of halogens is 1. The summed E-state index contributed by atoms with van der Waals surface area (Å²) >= 11 is 0. The molecule has 5 fully saturated rings. The number of aliphatic hydroxyl groups is 1. The number of alkyl halides is 1. The summed E-state index contributed by atoms with van der Waals surface area (Å²) in [5, 5.41) is 11.6. The van der Waals surface area contributed by atoms with Crippen LogP contribution in [0, 0.1) is 22.7 Å². The van der Waals surface area contributed by atoms with E-state index in [0.717, 1.165) is 12.8 Å². The van der Waals surface area contributed by atoms with Gasteiger partial charge in [0.05, 0.1) is 12.2 Å². The van der Waals surface area contributed by atoms with Gasteiger partial charge in [-0.1, -0.05) is 32.4 Å². The minimum Gasteiger partial charge on any atom is -0.458 e. The lowest BCUT2D eigenvalue weighted by atomic mass is 9.44. The fraction of sp³-hybridized carbons (Fsp3) is 0.767. The molecule has 1 saturated heterocycles. The van der Waals surface area contributed by atoms with Gasteiger partial charge in [0.25, 0.3) is 0 Å². The first-order valence-electron chi connectivity index (χ1n) is 14.3. The quantitative estimate of drug-likeness (QED) is 0.533. The number of rotatable bonds is 3. The smallest absolute Gasteiger partial charge is 0.303 e. The van der Waals surface area contributed by atoms with Gasteiger partial charge >= 0.3 is 5.97 Å². The van der Waals surface area contributed by atoms with E-state index >= 15 is 4.39 Å². The van der Waals surface area contributed by atoms with Gasteiger partial charge in [-0.25, -0.2) is 4.39 Å². The van der Waals surface area contributed by atoms with Crippen molar-refractivity contribution in [1.29, 1.82) is 0 Å². The molecule has 6 rings (SSSR count). The lowest BCUT2D eigenvalue weighted by Gasteiger charge is -2.62. The Morgan fingerprint density at radius 2 is 1.87 bits per heavy atom. The first kappa shape index (κ1) is 27.7. The Balaban J connectivity index is 0.00000144. The highest BCUT2D eigenvalue weighted by molar-refractivity contribution is 6.01. The summed E-state index contributed by atoms with van der Waals surface area (Å²) in [7, 11) is 0. The molecule has 0 aromatic carbocycles. The average Bonchev–Trinajstić information content (AvgIpc) is 3.53. The maximum Gasteiger partial charge on any atom is 0.303 e. The van der Waals surface area contributed by atoms with Gasteiger partial charge in [0, 0.05) is 36.5 Å². The number of hydrogen-bond acceptors (Lipinski definition) is 7. The first-order valence-corrected chi connectivity index (χ1v) is 14.3. The monoisotopic (exact) mass is 532 g/mol. The Kier molecular flexibility index (Phi) is 6.60. The van der Waals surface area contributed by atoms with Crippen molar-refractivity contribution in [1.82, 2.24) is 0 Å². The highest BCUT2D eigenvalue weighted by atomic mass is 19.1. The number of ether oxygens (including phenoxy) is 3. The van der Waals surface area contributed by atoms with E-state index in [1.54, 1.807) is 13.0 Å². The fourth-order valence-corrected chi connectivity index (χ4v) is 9.04. The molecule has 7 nitrogen and oxygen atoms in total. The van der Waals surface area contributed by atoms with Gasteiger partial charge < -0.3 is 19.3 Å². The largest absolute Gasteiger partial charge is 0.458 e. The van der Waals surface area contributed by atoms with Gasteiger partial charge in [-0.3, -0.25) is 14.4 Å². The minimum atomic E-state index is -2.00. The third kappa shape index (κ3) is 3.38. The van der Waals surface area contributed by atoms with Crippen molar-refractivity contribution in [2.24, 2.45) is 22.7 Å². The first-order chi connectivity index (χ1) is 17.9. The molecule has 4 saturated carbocycles. The lowest BCUT2D eigenvalue weighted by Crippen LogP contribution is -2.70. The topological polar surface area (TPSA) is 99.1 Å². The molecule has 8 heteroatoms. The van der Waals surface area contributed by atoms with Gasteiger partial charge in [0.1, 0.15) is 0 Å². The van der Waals surface area contributed by atoms with E-state index in [9.17, 15) is 19.5 Å².